The summed E-state index contributed by atoms with van der Waals surface area (Å²) in [6.45, 7) is 3.17. The number of pyridine rings is 1. The van der Waals surface area contributed by atoms with Crippen LogP contribution in [0.2, 0.25) is 0 Å². The number of hydrogen-bond acceptors (Lipinski definition) is 5. The second-order valence-corrected chi connectivity index (χ2v) is 7.81. The Morgan fingerprint density at radius 3 is 2.80 bits per heavy atom. The third kappa shape index (κ3) is 3.66. The van der Waals surface area contributed by atoms with E-state index in [1.165, 1.54) is 24.1 Å². The lowest BCUT2D eigenvalue weighted by Crippen LogP contribution is -2.34. The van der Waals surface area contributed by atoms with E-state index in [0.717, 1.165) is 36.4 Å². The molecular weight excluding hydrogens is 374 g/mol. The van der Waals surface area contributed by atoms with Crippen molar-refractivity contribution in [1.82, 2.24) is 24.5 Å². The van der Waals surface area contributed by atoms with Gasteiger partial charge >= 0.3 is 0 Å². The van der Waals surface area contributed by atoms with Crippen molar-refractivity contribution in [3.63, 3.8) is 0 Å². The monoisotopic (exact) mass is 399 g/mol. The van der Waals surface area contributed by atoms with E-state index in [9.17, 15) is 0 Å². The number of fused-ring (bicyclic) bond motifs is 1. The quantitative estimate of drug-likeness (QED) is 0.504. The van der Waals surface area contributed by atoms with Gasteiger partial charge in [-0.2, -0.15) is 5.10 Å². The highest BCUT2D eigenvalue weighted by Gasteiger charge is 2.24. The minimum Gasteiger partial charge on any atom is -0.481 e. The van der Waals surface area contributed by atoms with Crippen LogP contribution in [0, 0.1) is 0 Å². The Bertz CT molecular complexity index is 1140. The van der Waals surface area contributed by atoms with Gasteiger partial charge in [-0.25, -0.2) is 14.5 Å². The van der Waals surface area contributed by atoms with Gasteiger partial charge < -0.3 is 4.74 Å². The molecule has 1 unspecified atom stereocenters. The van der Waals surface area contributed by atoms with Crippen molar-refractivity contribution in [3.8, 4) is 17.0 Å². The van der Waals surface area contributed by atoms with E-state index in [2.05, 4.69) is 51.3 Å². The maximum absolute atomic E-state index is 5.28. The molecule has 30 heavy (non-hydrogen) atoms. The lowest BCUT2D eigenvalue weighted by molar-refractivity contribution is 0.197. The van der Waals surface area contributed by atoms with Gasteiger partial charge in [0.25, 0.3) is 0 Å². The van der Waals surface area contributed by atoms with Crippen LogP contribution in [0.3, 0.4) is 0 Å². The first kappa shape index (κ1) is 18.8. The van der Waals surface area contributed by atoms with E-state index in [1.807, 2.05) is 29.0 Å². The molecule has 0 N–H and O–H groups in total. The summed E-state index contributed by atoms with van der Waals surface area (Å²) in [4.78, 5) is 11.4. The lowest BCUT2D eigenvalue weighted by atomic mass is 9.94. The summed E-state index contributed by atoms with van der Waals surface area (Å²) in [5, 5.41) is 4.71. The van der Waals surface area contributed by atoms with Crippen LogP contribution in [-0.4, -0.2) is 44.7 Å². The van der Waals surface area contributed by atoms with E-state index in [4.69, 9.17) is 9.84 Å². The molecule has 0 aliphatic carbocycles. The summed E-state index contributed by atoms with van der Waals surface area (Å²) >= 11 is 0. The Hall–Kier alpha value is -3.25. The molecule has 4 aromatic rings. The van der Waals surface area contributed by atoms with Crippen LogP contribution < -0.4 is 4.74 Å². The molecule has 5 rings (SSSR count). The van der Waals surface area contributed by atoms with Crippen molar-refractivity contribution in [2.45, 2.75) is 25.3 Å². The number of ether oxygens (including phenoxy) is 1. The predicted molar refractivity (Wildman–Crippen MR) is 116 cm³/mol. The maximum atomic E-state index is 5.28. The minimum atomic E-state index is 0.438. The van der Waals surface area contributed by atoms with Crippen LogP contribution >= 0.6 is 0 Å². The van der Waals surface area contributed by atoms with Gasteiger partial charge in [0.1, 0.15) is 0 Å². The van der Waals surface area contributed by atoms with Crippen LogP contribution in [-0.2, 0) is 6.54 Å². The first-order chi connectivity index (χ1) is 14.8. The number of methoxy groups -OCH3 is 1. The van der Waals surface area contributed by atoms with Gasteiger partial charge in [-0.05, 0) is 42.6 Å². The van der Waals surface area contributed by atoms with E-state index < -0.39 is 0 Å². The Morgan fingerprint density at radius 1 is 1.07 bits per heavy atom. The summed E-state index contributed by atoms with van der Waals surface area (Å²) in [6, 6.07) is 16.7. The Kier molecular flexibility index (Phi) is 5.15. The molecule has 0 radical (unpaired) electrons. The molecule has 0 amide bonds. The molecule has 1 fully saturated rings. The summed E-state index contributed by atoms with van der Waals surface area (Å²) < 4.78 is 7.29. The van der Waals surface area contributed by atoms with Gasteiger partial charge in [0.2, 0.25) is 5.88 Å². The largest absolute Gasteiger partial charge is 0.481 e. The zero-order valence-corrected chi connectivity index (χ0v) is 17.1. The minimum absolute atomic E-state index is 0.438. The van der Waals surface area contributed by atoms with Crippen molar-refractivity contribution < 1.29 is 4.74 Å². The van der Waals surface area contributed by atoms with Gasteiger partial charge in [0, 0.05) is 43.0 Å². The zero-order chi connectivity index (χ0) is 20.3. The molecule has 0 bridgehead atoms. The van der Waals surface area contributed by atoms with E-state index in [1.54, 1.807) is 13.3 Å². The van der Waals surface area contributed by atoms with Crippen molar-refractivity contribution in [3.05, 3.63) is 78.4 Å². The fraction of sp³-hybridized carbons (Fsp3) is 0.292. The van der Waals surface area contributed by atoms with Crippen LogP contribution in [0.1, 0.15) is 30.0 Å². The molecule has 1 aliphatic heterocycles. The zero-order valence-electron chi connectivity index (χ0n) is 17.1. The van der Waals surface area contributed by atoms with E-state index >= 15 is 0 Å². The van der Waals surface area contributed by atoms with Gasteiger partial charge in [0.05, 0.1) is 19.0 Å². The number of hydrogen-bond donors (Lipinski definition) is 0. The van der Waals surface area contributed by atoms with Crippen LogP contribution in [0.25, 0.3) is 16.8 Å². The maximum Gasteiger partial charge on any atom is 0.213 e. The number of benzene rings is 1. The van der Waals surface area contributed by atoms with Crippen molar-refractivity contribution in [2.24, 2.45) is 0 Å². The topological polar surface area (TPSA) is 55.6 Å². The van der Waals surface area contributed by atoms with Gasteiger partial charge in [-0.15, -0.1) is 0 Å². The molecule has 152 valence electrons. The predicted octanol–water partition coefficient (Wildman–Crippen LogP) is 4.18. The highest BCUT2D eigenvalue weighted by molar-refractivity contribution is 5.77. The third-order valence-corrected chi connectivity index (χ3v) is 5.86. The molecule has 0 saturated carbocycles. The van der Waals surface area contributed by atoms with Gasteiger partial charge in [-0.1, -0.05) is 30.3 Å². The summed E-state index contributed by atoms with van der Waals surface area (Å²) in [5.41, 5.74) is 5.47. The molecule has 1 saturated heterocycles. The average Bonchev–Trinajstić information content (AvgIpc) is 3.24. The van der Waals surface area contributed by atoms with E-state index in [0.29, 0.717) is 11.8 Å². The fourth-order valence-electron chi connectivity index (χ4n) is 4.39. The average molecular weight is 399 g/mol. The van der Waals surface area contributed by atoms with Crippen LogP contribution in [0.15, 0.2) is 67.1 Å². The second kappa shape index (κ2) is 8.24. The molecular formula is C24H25N5O. The van der Waals surface area contributed by atoms with Crippen LogP contribution in [0.4, 0.5) is 0 Å². The molecule has 1 aromatic carbocycles. The standard InChI is InChI=1S/C24H25N5O/c1-30-23-14-19(9-11-25-23)21-15-27-29-22(10-12-26-24(21)29)20-8-5-13-28(17-20)16-18-6-3-2-4-7-18/h2-4,6-7,9-12,14-15,20H,5,8,13,16-17H2,1H3. The second-order valence-electron chi connectivity index (χ2n) is 7.81. The molecule has 4 heterocycles. The number of likely N-dealkylation sites (tertiary alicyclic amines) is 1. The normalized spacial score (nSPS) is 17.3. The van der Waals surface area contributed by atoms with Gasteiger partial charge in [-0.3, -0.25) is 4.90 Å². The van der Waals surface area contributed by atoms with Gasteiger partial charge in [0.15, 0.2) is 5.65 Å². The van der Waals surface area contributed by atoms with E-state index in [-0.39, 0.29) is 0 Å². The first-order valence-electron chi connectivity index (χ1n) is 10.4. The molecule has 6 nitrogen and oxygen atoms in total. The highest BCUT2D eigenvalue weighted by atomic mass is 16.5. The fourth-order valence-corrected chi connectivity index (χ4v) is 4.39. The Labute approximate surface area is 176 Å². The van der Waals surface area contributed by atoms with Crippen LogP contribution in [0.5, 0.6) is 5.88 Å². The number of rotatable bonds is 5. The molecule has 0 spiro atoms. The molecule has 1 aliphatic rings. The number of aromatic nitrogens is 4. The summed E-state index contributed by atoms with van der Waals surface area (Å²) in [6.07, 6.45) is 7.92. The highest BCUT2D eigenvalue weighted by Crippen LogP contribution is 2.31. The molecule has 1 atom stereocenters. The Balaban J connectivity index is 1.44. The molecule has 3 aromatic heterocycles. The smallest absolute Gasteiger partial charge is 0.213 e. The SMILES string of the molecule is COc1cc(-c2cnn3c(C4CCCN(Cc5ccccc5)C4)ccnc23)ccn1. The third-order valence-electron chi connectivity index (χ3n) is 5.86. The van der Waals surface area contributed by atoms with Crippen molar-refractivity contribution in [2.75, 3.05) is 20.2 Å². The summed E-state index contributed by atoms with van der Waals surface area (Å²) in [7, 11) is 1.63. The molecule has 6 heteroatoms. The first-order valence-corrected chi connectivity index (χ1v) is 10.4. The lowest BCUT2D eigenvalue weighted by Gasteiger charge is -2.33. The summed E-state index contributed by atoms with van der Waals surface area (Å²) in [5.74, 6) is 1.03. The number of piperidine rings is 1. The Morgan fingerprint density at radius 2 is 1.93 bits per heavy atom. The van der Waals surface area contributed by atoms with Crippen molar-refractivity contribution >= 4 is 5.65 Å². The van der Waals surface area contributed by atoms with Crippen molar-refractivity contribution in [1.29, 1.82) is 0 Å². The number of nitrogens with zero attached hydrogens (tertiary/aromatic N) is 5.